The Labute approximate surface area is 106 Å². The van der Waals surface area contributed by atoms with Gasteiger partial charge in [0.25, 0.3) is 6.01 Å². The summed E-state index contributed by atoms with van der Waals surface area (Å²) in [5, 5.41) is 0. The van der Waals surface area contributed by atoms with E-state index in [-0.39, 0.29) is 0 Å². The molecule has 2 heterocycles. The number of nitrogens with zero attached hydrogens (tertiary/aromatic N) is 2. The highest BCUT2D eigenvalue weighted by Crippen LogP contribution is 2.26. The van der Waals surface area contributed by atoms with E-state index in [1.165, 1.54) is 0 Å². The lowest BCUT2D eigenvalue weighted by Crippen LogP contribution is -2.36. The highest BCUT2D eigenvalue weighted by molar-refractivity contribution is 5.78. The van der Waals surface area contributed by atoms with Crippen LogP contribution in [0.25, 0.3) is 11.1 Å². The maximum atomic E-state index is 5.75. The van der Waals surface area contributed by atoms with Crippen LogP contribution in [0.5, 0.6) is 0 Å². The number of nitrogen functional groups attached to an aromatic ring is 1. The monoisotopic (exact) mass is 247 g/mol. The van der Waals surface area contributed by atoms with Crippen LogP contribution in [0.4, 0.5) is 11.7 Å². The minimum absolute atomic E-state index is 0.362. The van der Waals surface area contributed by atoms with Crippen LogP contribution in [-0.4, -0.2) is 31.3 Å². The van der Waals surface area contributed by atoms with Crippen LogP contribution in [0.2, 0.25) is 0 Å². The number of ether oxygens (including phenoxy) is 1. The molecule has 1 fully saturated rings. The van der Waals surface area contributed by atoms with Crippen LogP contribution in [0.15, 0.2) is 22.6 Å². The van der Waals surface area contributed by atoms with Gasteiger partial charge in [-0.3, -0.25) is 0 Å². The van der Waals surface area contributed by atoms with E-state index in [9.17, 15) is 0 Å². The van der Waals surface area contributed by atoms with Gasteiger partial charge in [0.1, 0.15) is 5.52 Å². The molecule has 96 valence electrons. The van der Waals surface area contributed by atoms with Crippen molar-refractivity contribution < 1.29 is 9.15 Å². The number of nitrogens with two attached hydrogens (primary N) is 1. The summed E-state index contributed by atoms with van der Waals surface area (Å²) in [6, 6.07) is 6.23. The number of anilines is 2. The lowest BCUT2D eigenvalue weighted by Gasteiger charge is -2.29. The van der Waals surface area contributed by atoms with Gasteiger partial charge in [0.05, 0.1) is 6.10 Å². The van der Waals surface area contributed by atoms with E-state index >= 15 is 0 Å². The molecule has 1 aromatic heterocycles. The first-order valence-corrected chi connectivity index (χ1v) is 6.20. The molecule has 1 aliphatic rings. The van der Waals surface area contributed by atoms with Gasteiger partial charge < -0.3 is 19.8 Å². The van der Waals surface area contributed by atoms with Crippen LogP contribution < -0.4 is 10.6 Å². The summed E-state index contributed by atoms with van der Waals surface area (Å²) >= 11 is 0. The van der Waals surface area contributed by atoms with Gasteiger partial charge in [0.2, 0.25) is 0 Å². The smallest absolute Gasteiger partial charge is 0.298 e. The van der Waals surface area contributed by atoms with Crippen molar-refractivity contribution in [2.45, 2.75) is 18.9 Å². The molecule has 2 aromatic rings. The first kappa shape index (κ1) is 11.3. The SMILES string of the molecule is COC1CCN(c2nc3ccc(N)cc3o2)CC1. The maximum absolute atomic E-state index is 5.75. The summed E-state index contributed by atoms with van der Waals surface area (Å²) < 4.78 is 11.1. The molecule has 5 nitrogen and oxygen atoms in total. The fraction of sp³-hybridized carbons (Fsp3) is 0.462. The number of benzene rings is 1. The molecule has 5 heteroatoms. The van der Waals surface area contributed by atoms with E-state index in [2.05, 4.69) is 9.88 Å². The second-order valence-electron chi connectivity index (χ2n) is 4.65. The van der Waals surface area contributed by atoms with E-state index < -0.39 is 0 Å². The number of fused-ring (bicyclic) bond motifs is 1. The molecule has 0 spiro atoms. The van der Waals surface area contributed by atoms with Gasteiger partial charge in [-0.15, -0.1) is 0 Å². The summed E-state index contributed by atoms with van der Waals surface area (Å²) in [7, 11) is 1.77. The Bertz CT molecular complexity index is 544. The molecule has 0 unspecified atom stereocenters. The first-order chi connectivity index (χ1) is 8.76. The molecule has 0 bridgehead atoms. The molecular weight excluding hydrogens is 230 g/mol. The third-order valence-corrected chi connectivity index (χ3v) is 3.45. The molecule has 2 N–H and O–H groups in total. The average Bonchev–Trinajstić information content (AvgIpc) is 2.81. The predicted molar refractivity (Wildman–Crippen MR) is 70.7 cm³/mol. The summed E-state index contributed by atoms with van der Waals surface area (Å²) in [6.45, 7) is 1.83. The van der Waals surface area contributed by atoms with Gasteiger partial charge in [-0.1, -0.05) is 0 Å². The topological polar surface area (TPSA) is 64.5 Å². The molecule has 18 heavy (non-hydrogen) atoms. The van der Waals surface area contributed by atoms with Crippen molar-refractivity contribution in [3.8, 4) is 0 Å². The van der Waals surface area contributed by atoms with Crippen molar-refractivity contribution in [2.24, 2.45) is 0 Å². The Hall–Kier alpha value is -1.75. The quantitative estimate of drug-likeness (QED) is 0.822. The number of rotatable bonds is 2. The zero-order valence-electron chi connectivity index (χ0n) is 10.4. The van der Waals surface area contributed by atoms with Gasteiger partial charge in [0.15, 0.2) is 5.58 Å². The predicted octanol–water partition coefficient (Wildman–Crippen LogP) is 2.03. The Morgan fingerprint density at radius 2 is 2.17 bits per heavy atom. The van der Waals surface area contributed by atoms with Crippen molar-refractivity contribution in [3.63, 3.8) is 0 Å². The van der Waals surface area contributed by atoms with Gasteiger partial charge >= 0.3 is 0 Å². The molecular formula is C13H17N3O2. The van der Waals surface area contributed by atoms with E-state index in [0.29, 0.717) is 17.8 Å². The molecule has 1 aromatic carbocycles. The molecule has 1 saturated heterocycles. The highest BCUT2D eigenvalue weighted by Gasteiger charge is 2.22. The van der Waals surface area contributed by atoms with Gasteiger partial charge in [-0.25, -0.2) is 0 Å². The zero-order valence-corrected chi connectivity index (χ0v) is 10.4. The number of piperidine rings is 1. The summed E-state index contributed by atoms with van der Waals surface area (Å²) in [5.41, 5.74) is 8.03. The largest absolute Gasteiger partial charge is 0.423 e. The molecule has 0 radical (unpaired) electrons. The van der Waals surface area contributed by atoms with Gasteiger partial charge in [-0.05, 0) is 25.0 Å². The van der Waals surface area contributed by atoms with Gasteiger partial charge in [-0.2, -0.15) is 4.98 Å². The van der Waals surface area contributed by atoms with Crippen molar-refractivity contribution >= 4 is 22.8 Å². The van der Waals surface area contributed by atoms with Crippen molar-refractivity contribution in [1.29, 1.82) is 0 Å². The van der Waals surface area contributed by atoms with Crippen LogP contribution in [0.1, 0.15) is 12.8 Å². The Kier molecular flexibility index (Phi) is 2.83. The van der Waals surface area contributed by atoms with Crippen LogP contribution in [0, 0.1) is 0 Å². The van der Waals surface area contributed by atoms with Gasteiger partial charge in [0, 0.05) is 32.0 Å². The van der Waals surface area contributed by atoms with Crippen LogP contribution in [0.3, 0.4) is 0 Å². The van der Waals surface area contributed by atoms with E-state index in [4.69, 9.17) is 14.9 Å². The molecule has 0 amide bonds. The fourth-order valence-corrected chi connectivity index (χ4v) is 2.35. The fourth-order valence-electron chi connectivity index (χ4n) is 2.35. The third kappa shape index (κ3) is 2.01. The summed E-state index contributed by atoms with van der Waals surface area (Å²) in [4.78, 5) is 6.65. The Balaban J connectivity index is 1.82. The number of oxazole rings is 1. The van der Waals surface area contributed by atoms with Crippen molar-refractivity contribution in [3.05, 3.63) is 18.2 Å². The minimum atomic E-state index is 0.362. The van der Waals surface area contributed by atoms with E-state index in [1.807, 2.05) is 18.2 Å². The Morgan fingerprint density at radius 1 is 1.39 bits per heavy atom. The first-order valence-electron chi connectivity index (χ1n) is 6.20. The number of aromatic nitrogens is 1. The van der Waals surface area contributed by atoms with E-state index in [0.717, 1.165) is 37.0 Å². The van der Waals surface area contributed by atoms with Crippen molar-refractivity contribution in [1.82, 2.24) is 4.98 Å². The lowest BCUT2D eigenvalue weighted by molar-refractivity contribution is 0.0811. The van der Waals surface area contributed by atoms with Crippen LogP contribution >= 0.6 is 0 Å². The second kappa shape index (κ2) is 4.49. The Morgan fingerprint density at radius 3 is 2.89 bits per heavy atom. The minimum Gasteiger partial charge on any atom is -0.423 e. The number of hydrogen-bond donors (Lipinski definition) is 1. The molecule has 1 aliphatic heterocycles. The van der Waals surface area contributed by atoms with Crippen molar-refractivity contribution in [2.75, 3.05) is 30.8 Å². The highest BCUT2D eigenvalue weighted by atomic mass is 16.5. The average molecular weight is 247 g/mol. The maximum Gasteiger partial charge on any atom is 0.298 e. The lowest BCUT2D eigenvalue weighted by atomic mass is 10.1. The molecule has 0 atom stereocenters. The molecule has 0 saturated carbocycles. The standard InChI is InChI=1S/C13H17N3O2/c1-17-10-4-6-16(7-5-10)13-15-11-3-2-9(14)8-12(11)18-13/h2-3,8,10H,4-7,14H2,1H3. The molecule has 0 aliphatic carbocycles. The third-order valence-electron chi connectivity index (χ3n) is 3.45. The van der Waals surface area contributed by atoms with Crippen LogP contribution in [-0.2, 0) is 4.74 Å². The summed E-state index contributed by atoms with van der Waals surface area (Å²) in [5.74, 6) is 0. The number of hydrogen-bond acceptors (Lipinski definition) is 5. The second-order valence-corrected chi connectivity index (χ2v) is 4.65. The normalized spacial score (nSPS) is 17.5. The zero-order chi connectivity index (χ0) is 12.5. The number of methoxy groups -OCH3 is 1. The van der Waals surface area contributed by atoms with E-state index in [1.54, 1.807) is 7.11 Å². The summed E-state index contributed by atoms with van der Waals surface area (Å²) in [6.07, 6.45) is 2.38. The molecule has 3 rings (SSSR count).